The molecule has 6 heteroatoms. The molecular weight excluding hydrogens is 198 g/mol. The minimum Gasteiger partial charge on any atom is -0.269 e. The Morgan fingerprint density at radius 3 is 2.67 bits per heavy atom. The van der Waals surface area contributed by atoms with E-state index in [1.807, 2.05) is 0 Å². The lowest BCUT2D eigenvalue weighted by Crippen LogP contribution is -2.58. The summed E-state index contributed by atoms with van der Waals surface area (Å²) in [6.45, 7) is 0. The van der Waals surface area contributed by atoms with E-state index >= 15 is 0 Å². The summed E-state index contributed by atoms with van der Waals surface area (Å²) in [5, 5.41) is 0. The van der Waals surface area contributed by atoms with Crippen molar-refractivity contribution in [3.8, 4) is 0 Å². The maximum atomic E-state index is 11.7. The molecule has 0 spiro atoms. The van der Waals surface area contributed by atoms with E-state index in [1.165, 1.54) is 31.3 Å². The highest BCUT2D eigenvalue weighted by molar-refractivity contribution is 6.07. The van der Waals surface area contributed by atoms with Gasteiger partial charge in [-0.25, -0.2) is 4.79 Å². The Labute approximate surface area is 86.0 Å². The maximum Gasteiger partial charge on any atom is 0.331 e. The van der Waals surface area contributed by atoms with Crippen molar-refractivity contribution in [2.75, 3.05) is 14.1 Å². The number of amides is 3. The Morgan fingerprint density at radius 2 is 2.00 bits per heavy atom. The Bertz CT molecular complexity index is 424. The van der Waals surface area contributed by atoms with Crippen LogP contribution in [0.4, 0.5) is 4.79 Å². The molecule has 0 aromatic rings. The van der Waals surface area contributed by atoms with Gasteiger partial charge in [0, 0.05) is 25.1 Å². The van der Waals surface area contributed by atoms with Crippen molar-refractivity contribution in [1.29, 1.82) is 0 Å². The average Bonchev–Trinajstić information content (AvgIpc) is 2.23. The minimum atomic E-state index is -0.828. The molecule has 15 heavy (non-hydrogen) atoms. The number of fused-ring (bicyclic) bond motifs is 1. The summed E-state index contributed by atoms with van der Waals surface area (Å²) in [6.07, 6.45) is 3.51. The van der Waals surface area contributed by atoms with E-state index < -0.39 is 18.1 Å². The number of carbonyl (C=O) groups excluding carboxylic acids is 2. The van der Waals surface area contributed by atoms with Gasteiger partial charge >= 0.3 is 12.2 Å². The van der Waals surface area contributed by atoms with Crippen molar-refractivity contribution >= 4 is 11.9 Å². The molecule has 78 valence electrons. The van der Waals surface area contributed by atoms with Crippen LogP contribution < -0.4 is 0 Å². The van der Waals surface area contributed by atoms with E-state index in [0.29, 0.717) is 10.3 Å². The normalized spacial score (nSPS) is 25.6. The van der Waals surface area contributed by atoms with Gasteiger partial charge in [-0.15, -0.1) is 0 Å². The predicted molar refractivity (Wildman–Crippen MR) is 50.6 cm³/mol. The smallest absolute Gasteiger partial charge is 0.269 e. The summed E-state index contributed by atoms with van der Waals surface area (Å²) in [4.78, 5) is 36.9. The highest BCUT2D eigenvalue weighted by Crippen LogP contribution is 2.23. The van der Waals surface area contributed by atoms with Crippen molar-refractivity contribution in [3.05, 3.63) is 28.8 Å². The first-order valence-electron chi connectivity index (χ1n) is 4.42. The van der Waals surface area contributed by atoms with E-state index in [-0.39, 0.29) is 0 Å². The lowest BCUT2D eigenvalue weighted by molar-refractivity contribution is -0.534. The first-order chi connectivity index (χ1) is 7.04. The number of imide groups is 1. The van der Waals surface area contributed by atoms with Gasteiger partial charge in [-0.3, -0.25) is 14.6 Å². The van der Waals surface area contributed by atoms with E-state index in [9.17, 15) is 14.5 Å². The molecular formula is C9H10N3O3+. The van der Waals surface area contributed by atoms with Crippen LogP contribution in [0.3, 0.4) is 0 Å². The summed E-state index contributed by atoms with van der Waals surface area (Å²) in [6, 6.07) is -0.474. The van der Waals surface area contributed by atoms with Crippen LogP contribution in [0.15, 0.2) is 23.9 Å². The largest absolute Gasteiger partial charge is 0.331 e. The number of carbonyl (C=O) groups is 2. The summed E-state index contributed by atoms with van der Waals surface area (Å²) in [5.74, 6) is -0.423. The Balaban J connectivity index is 2.49. The Morgan fingerprint density at radius 1 is 1.33 bits per heavy atom. The molecule has 0 saturated carbocycles. The van der Waals surface area contributed by atoms with Crippen molar-refractivity contribution in [2.45, 2.75) is 6.17 Å². The standard InChI is InChI=1S/C9H10N3O3/c1-10-7-6(4-3-5-12(7)15)8(13)11(2)9(10)14/h3-5,7H,1-2H3/q+1. The predicted octanol–water partition coefficient (Wildman–Crippen LogP) is 0.0689. The molecule has 0 aromatic carbocycles. The van der Waals surface area contributed by atoms with Crippen LogP contribution in [-0.2, 0) is 4.79 Å². The summed E-state index contributed by atoms with van der Waals surface area (Å²) in [7, 11) is 2.89. The number of likely N-dealkylation sites (N-methyl/N-ethyl adjacent to an activating group) is 2. The number of nitrogens with zero attached hydrogens (tertiary/aromatic N) is 3. The Kier molecular flexibility index (Phi) is 1.92. The molecule has 1 unspecified atom stereocenters. The number of allylic oxidation sites excluding steroid dienone is 2. The fourth-order valence-corrected chi connectivity index (χ4v) is 1.72. The minimum absolute atomic E-state index is 0.317. The highest BCUT2D eigenvalue weighted by atomic mass is 16.3. The van der Waals surface area contributed by atoms with Gasteiger partial charge in [-0.1, -0.05) is 0 Å². The number of hydrogen-bond donors (Lipinski definition) is 0. The lowest BCUT2D eigenvalue weighted by atomic mass is 10.1. The van der Waals surface area contributed by atoms with Gasteiger partial charge < -0.3 is 0 Å². The van der Waals surface area contributed by atoms with Crippen LogP contribution in [-0.4, -0.2) is 46.8 Å². The van der Waals surface area contributed by atoms with Crippen molar-refractivity contribution < 1.29 is 14.3 Å². The maximum absolute atomic E-state index is 11.7. The molecule has 0 radical (unpaired) electrons. The zero-order chi connectivity index (χ0) is 11.2. The second-order valence-corrected chi connectivity index (χ2v) is 3.45. The van der Waals surface area contributed by atoms with Crippen molar-refractivity contribution in [1.82, 2.24) is 9.80 Å². The molecule has 1 fully saturated rings. The summed E-state index contributed by atoms with van der Waals surface area (Å²) in [5.41, 5.74) is 0.317. The van der Waals surface area contributed by atoms with Crippen molar-refractivity contribution in [3.63, 3.8) is 0 Å². The summed E-state index contributed by atoms with van der Waals surface area (Å²) < 4.78 is 0.595. The monoisotopic (exact) mass is 208 g/mol. The Hall–Kier alpha value is -1.98. The molecule has 2 aliphatic rings. The molecule has 0 aromatic heterocycles. The fourth-order valence-electron chi connectivity index (χ4n) is 1.72. The van der Waals surface area contributed by atoms with E-state index in [0.717, 1.165) is 4.90 Å². The molecule has 2 aliphatic heterocycles. The molecule has 1 atom stereocenters. The molecule has 3 amide bonds. The molecule has 1 saturated heterocycles. The zero-order valence-electron chi connectivity index (χ0n) is 8.38. The van der Waals surface area contributed by atoms with Crippen LogP contribution in [0.5, 0.6) is 0 Å². The second-order valence-electron chi connectivity index (χ2n) is 3.45. The number of urea groups is 1. The third-order valence-electron chi connectivity index (χ3n) is 2.54. The van der Waals surface area contributed by atoms with Gasteiger partial charge in [0.25, 0.3) is 5.91 Å². The van der Waals surface area contributed by atoms with E-state index in [2.05, 4.69) is 0 Å². The third-order valence-corrected chi connectivity index (χ3v) is 2.54. The molecule has 6 nitrogen and oxygen atoms in total. The number of nitroso groups, excluding NO2 is 1. The SMILES string of the molecule is CN1C(=O)C2=CC=C[N+](=O)C2N(C)C1=O. The van der Waals surface area contributed by atoms with Crippen LogP contribution in [0, 0.1) is 4.91 Å². The first-order valence-corrected chi connectivity index (χ1v) is 4.42. The molecule has 0 bridgehead atoms. The second kappa shape index (κ2) is 3.01. The molecule has 2 rings (SSSR count). The molecule has 0 aliphatic carbocycles. The van der Waals surface area contributed by atoms with Gasteiger partial charge in [0.1, 0.15) is 5.57 Å². The van der Waals surface area contributed by atoms with Crippen LogP contribution in [0.25, 0.3) is 0 Å². The van der Waals surface area contributed by atoms with Crippen LogP contribution in [0.2, 0.25) is 0 Å². The van der Waals surface area contributed by atoms with E-state index in [4.69, 9.17) is 0 Å². The number of hydrogen-bond acceptors (Lipinski definition) is 3. The van der Waals surface area contributed by atoms with Gasteiger partial charge in [-0.05, 0) is 6.08 Å². The summed E-state index contributed by atoms with van der Waals surface area (Å²) >= 11 is 0. The number of rotatable bonds is 0. The van der Waals surface area contributed by atoms with Gasteiger partial charge in [0.05, 0.1) is 4.76 Å². The molecule has 2 heterocycles. The zero-order valence-corrected chi connectivity index (χ0v) is 8.38. The highest BCUT2D eigenvalue weighted by Gasteiger charge is 2.47. The average molecular weight is 208 g/mol. The quantitative estimate of drug-likeness (QED) is 0.529. The molecule has 0 N–H and O–H groups in total. The third kappa shape index (κ3) is 1.18. The fraction of sp³-hybridized carbons (Fsp3) is 0.333. The van der Waals surface area contributed by atoms with E-state index in [1.54, 1.807) is 6.08 Å². The van der Waals surface area contributed by atoms with Crippen molar-refractivity contribution in [2.24, 2.45) is 0 Å². The van der Waals surface area contributed by atoms with Crippen LogP contribution >= 0.6 is 0 Å². The topological polar surface area (TPSA) is 60.7 Å². The first kappa shape index (κ1) is 9.57. The lowest BCUT2D eigenvalue weighted by Gasteiger charge is -2.32. The van der Waals surface area contributed by atoms with Gasteiger partial charge in [0.2, 0.25) is 6.20 Å². The van der Waals surface area contributed by atoms with Gasteiger partial charge in [-0.2, -0.15) is 0 Å². The van der Waals surface area contributed by atoms with Gasteiger partial charge in [0.15, 0.2) is 0 Å². The van der Waals surface area contributed by atoms with Crippen LogP contribution in [0.1, 0.15) is 0 Å².